The number of aryl methyl sites for hydroxylation is 1. The number of carbonyl (C=O) groups is 2. The van der Waals surface area contributed by atoms with Gasteiger partial charge in [-0.15, -0.1) is 12.4 Å². The lowest BCUT2D eigenvalue weighted by Gasteiger charge is -2.38. The summed E-state index contributed by atoms with van der Waals surface area (Å²) in [5, 5.41) is 2.65. The van der Waals surface area contributed by atoms with E-state index in [0.29, 0.717) is 13.2 Å². The Hall–Kier alpha value is -1.63. The summed E-state index contributed by atoms with van der Waals surface area (Å²) in [7, 11) is 0. The second-order valence-corrected chi connectivity index (χ2v) is 7.06. The van der Waals surface area contributed by atoms with Crippen molar-refractivity contribution < 1.29 is 14.3 Å². The summed E-state index contributed by atoms with van der Waals surface area (Å²) in [6.45, 7) is 8.67. The molecule has 2 unspecified atom stereocenters. The maximum absolute atomic E-state index is 12.6. The molecule has 3 N–H and O–H groups in total. The van der Waals surface area contributed by atoms with E-state index in [0.717, 1.165) is 11.1 Å². The number of ether oxygens (including phenoxy) is 1. The Morgan fingerprint density at radius 1 is 1.35 bits per heavy atom. The van der Waals surface area contributed by atoms with Crippen molar-refractivity contribution in [3.63, 3.8) is 0 Å². The van der Waals surface area contributed by atoms with Gasteiger partial charge in [-0.2, -0.15) is 0 Å². The molecule has 0 bridgehead atoms. The standard InChI is InChI=1S/C19H29N3O3.ClH/c1-12(2)18(20)19(24)21-9-17(23)22-10-16(25-11-14(22)4)15-8-6-5-7-13(15)3;/h5-8,12,14,16,18H,9-11,20H2,1-4H3,(H,21,24);1H/t14?,16?,18-;/m0./s1. The first-order valence-electron chi connectivity index (χ1n) is 8.81. The Kier molecular flexibility index (Phi) is 8.53. The number of morpholine rings is 1. The van der Waals surface area contributed by atoms with Crippen LogP contribution in [0.15, 0.2) is 24.3 Å². The van der Waals surface area contributed by atoms with Crippen molar-refractivity contribution in [1.29, 1.82) is 0 Å². The fraction of sp³-hybridized carbons (Fsp3) is 0.579. The average molecular weight is 384 g/mol. The fourth-order valence-electron chi connectivity index (χ4n) is 2.93. The molecule has 1 aromatic carbocycles. The second-order valence-electron chi connectivity index (χ2n) is 7.06. The fourth-order valence-corrected chi connectivity index (χ4v) is 2.93. The van der Waals surface area contributed by atoms with Crippen LogP contribution in [0.25, 0.3) is 0 Å². The molecule has 0 aromatic heterocycles. The molecule has 0 aliphatic carbocycles. The van der Waals surface area contributed by atoms with Crippen LogP contribution < -0.4 is 11.1 Å². The molecule has 1 saturated heterocycles. The summed E-state index contributed by atoms with van der Waals surface area (Å²) in [6.07, 6.45) is -0.144. The van der Waals surface area contributed by atoms with E-state index in [-0.39, 0.29) is 48.8 Å². The third-order valence-corrected chi connectivity index (χ3v) is 4.72. The predicted octanol–water partition coefficient (Wildman–Crippen LogP) is 1.80. The molecule has 2 amide bonds. The molecule has 26 heavy (non-hydrogen) atoms. The zero-order valence-corrected chi connectivity index (χ0v) is 16.7. The van der Waals surface area contributed by atoms with Crippen LogP contribution in [0.1, 0.15) is 38.0 Å². The zero-order valence-electron chi connectivity index (χ0n) is 15.9. The first-order valence-corrected chi connectivity index (χ1v) is 8.81. The lowest BCUT2D eigenvalue weighted by Crippen LogP contribution is -2.53. The zero-order chi connectivity index (χ0) is 18.6. The Morgan fingerprint density at radius 2 is 2.00 bits per heavy atom. The smallest absolute Gasteiger partial charge is 0.242 e. The summed E-state index contributed by atoms with van der Waals surface area (Å²) < 4.78 is 5.93. The second kappa shape index (κ2) is 9.90. The van der Waals surface area contributed by atoms with E-state index in [9.17, 15) is 9.59 Å². The normalized spacial score (nSPS) is 21.1. The van der Waals surface area contributed by atoms with Gasteiger partial charge in [0.25, 0.3) is 0 Å². The predicted molar refractivity (Wildman–Crippen MR) is 104 cm³/mol. The number of hydrogen-bond acceptors (Lipinski definition) is 4. The van der Waals surface area contributed by atoms with Gasteiger partial charge in [0.05, 0.1) is 31.8 Å². The van der Waals surface area contributed by atoms with Gasteiger partial charge in [0.2, 0.25) is 11.8 Å². The van der Waals surface area contributed by atoms with Gasteiger partial charge in [-0.25, -0.2) is 0 Å². The Bertz CT molecular complexity index is 624. The Morgan fingerprint density at radius 3 is 2.62 bits per heavy atom. The summed E-state index contributed by atoms with van der Waals surface area (Å²) in [5.41, 5.74) is 8.05. The molecule has 0 saturated carbocycles. The molecule has 6 nitrogen and oxygen atoms in total. The third kappa shape index (κ3) is 5.43. The van der Waals surface area contributed by atoms with Gasteiger partial charge in [-0.3, -0.25) is 9.59 Å². The van der Waals surface area contributed by atoms with E-state index in [2.05, 4.69) is 5.32 Å². The monoisotopic (exact) mass is 383 g/mol. The van der Waals surface area contributed by atoms with Gasteiger partial charge in [0.1, 0.15) is 6.10 Å². The molecule has 1 aliphatic heterocycles. The molecule has 146 valence electrons. The van der Waals surface area contributed by atoms with E-state index < -0.39 is 6.04 Å². The van der Waals surface area contributed by atoms with E-state index in [1.807, 2.05) is 52.0 Å². The molecule has 1 fully saturated rings. The third-order valence-electron chi connectivity index (χ3n) is 4.72. The van der Waals surface area contributed by atoms with Crippen LogP contribution in [0.5, 0.6) is 0 Å². The van der Waals surface area contributed by atoms with Crippen molar-refractivity contribution in [2.45, 2.75) is 45.9 Å². The minimum absolute atomic E-state index is 0. The van der Waals surface area contributed by atoms with Gasteiger partial charge in [-0.1, -0.05) is 38.1 Å². The number of rotatable bonds is 5. The average Bonchev–Trinajstić information content (AvgIpc) is 2.59. The highest BCUT2D eigenvalue weighted by molar-refractivity contribution is 5.87. The lowest BCUT2D eigenvalue weighted by atomic mass is 10.0. The van der Waals surface area contributed by atoms with Crippen LogP contribution in [0.3, 0.4) is 0 Å². The molecule has 2 rings (SSSR count). The molecule has 0 spiro atoms. The van der Waals surface area contributed by atoms with Gasteiger partial charge < -0.3 is 20.7 Å². The maximum atomic E-state index is 12.6. The molecule has 1 aliphatic rings. The SMILES string of the molecule is Cc1ccccc1C1CN(C(=O)CNC(=O)[C@@H](N)C(C)C)C(C)CO1.Cl. The van der Waals surface area contributed by atoms with Crippen molar-refractivity contribution in [3.05, 3.63) is 35.4 Å². The summed E-state index contributed by atoms with van der Waals surface area (Å²) in [4.78, 5) is 26.3. The van der Waals surface area contributed by atoms with Crippen LogP contribution in [0, 0.1) is 12.8 Å². The number of nitrogens with one attached hydrogen (secondary N) is 1. The van der Waals surface area contributed by atoms with Crippen molar-refractivity contribution in [3.8, 4) is 0 Å². The number of amides is 2. The number of hydrogen-bond donors (Lipinski definition) is 2. The van der Waals surface area contributed by atoms with Crippen LogP contribution >= 0.6 is 12.4 Å². The van der Waals surface area contributed by atoms with E-state index in [1.54, 1.807) is 4.90 Å². The van der Waals surface area contributed by atoms with Gasteiger partial charge in [-0.05, 0) is 30.9 Å². The number of carbonyl (C=O) groups excluding carboxylic acids is 2. The molecular weight excluding hydrogens is 354 g/mol. The summed E-state index contributed by atoms with van der Waals surface area (Å²) in [6, 6.07) is 7.40. The van der Waals surface area contributed by atoms with E-state index >= 15 is 0 Å². The van der Waals surface area contributed by atoms with Crippen LogP contribution in [-0.4, -0.2) is 48.5 Å². The maximum Gasteiger partial charge on any atom is 0.242 e. The molecule has 3 atom stereocenters. The molecule has 0 radical (unpaired) electrons. The Labute approximate surface area is 161 Å². The van der Waals surface area contributed by atoms with Crippen molar-refractivity contribution in [1.82, 2.24) is 10.2 Å². The molecule has 7 heteroatoms. The first-order chi connectivity index (χ1) is 11.8. The van der Waals surface area contributed by atoms with Gasteiger partial charge >= 0.3 is 0 Å². The van der Waals surface area contributed by atoms with Crippen LogP contribution in [0.2, 0.25) is 0 Å². The number of halogens is 1. The van der Waals surface area contributed by atoms with E-state index in [4.69, 9.17) is 10.5 Å². The number of nitrogens with zero attached hydrogens (tertiary/aromatic N) is 1. The van der Waals surface area contributed by atoms with Crippen molar-refractivity contribution in [2.75, 3.05) is 19.7 Å². The van der Waals surface area contributed by atoms with Crippen molar-refractivity contribution >= 4 is 24.2 Å². The number of benzene rings is 1. The van der Waals surface area contributed by atoms with E-state index in [1.165, 1.54) is 0 Å². The molecular formula is C19H30ClN3O3. The first kappa shape index (κ1) is 22.4. The quantitative estimate of drug-likeness (QED) is 0.812. The number of nitrogens with two attached hydrogens (primary N) is 1. The Balaban J connectivity index is 0.00000338. The van der Waals surface area contributed by atoms with Gasteiger partial charge in [0.15, 0.2) is 0 Å². The van der Waals surface area contributed by atoms with Crippen molar-refractivity contribution in [2.24, 2.45) is 11.7 Å². The minimum atomic E-state index is -0.602. The minimum Gasteiger partial charge on any atom is -0.370 e. The topological polar surface area (TPSA) is 84.7 Å². The summed E-state index contributed by atoms with van der Waals surface area (Å²) >= 11 is 0. The van der Waals surface area contributed by atoms with Gasteiger partial charge in [0, 0.05) is 0 Å². The van der Waals surface area contributed by atoms with Crippen LogP contribution in [0.4, 0.5) is 0 Å². The highest BCUT2D eigenvalue weighted by atomic mass is 35.5. The largest absolute Gasteiger partial charge is 0.370 e. The summed E-state index contributed by atoms with van der Waals surface area (Å²) in [5.74, 6) is -0.374. The molecule has 1 heterocycles. The lowest BCUT2D eigenvalue weighted by molar-refractivity contribution is -0.144. The highest BCUT2D eigenvalue weighted by Crippen LogP contribution is 2.27. The highest BCUT2D eigenvalue weighted by Gasteiger charge is 2.31. The van der Waals surface area contributed by atoms with Crippen LogP contribution in [-0.2, 0) is 14.3 Å². The molecule has 1 aromatic rings.